The molecule has 1 saturated heterocycles. The van der Waals surface area contributed by atoms with E-state index in [0.29, 0.717) is 6.04 Å². The van der Waals surface area contributed by atoms with E-state index in [0.717, 1.165) is 32.0 Å². The van der Waals surface area contributed by atoms with Gasteiger partial charge in [-0.15, -0.1) is 11.3 Å². The van der Waals surface area contributed by atoms with Crippen LogP contribution in [0.25, 0.3) is 0 Å². The molecule has 1 aliphatic heterocycles. The first kappa shape index (κ1) is 11.9. The van der Waals surface area contributed by atoms with Gasteiger partial charge in [0.25, 0.3) is 0 Å². The van der Waals surface area contributed by atoms with Gasteiger partial charge in [0.2, 0.25) is 0 Å². The Hall–Kier alpha value is -1.17. The van der Waals surface area contributed by atoms with Crippen LogP contribution in [0, 0.1) is 6.92 Å². The van der Waals surface area contributed by atoms with Crippen molar-refractivity contribution in [3.63, 3.8) is 0 Å². The quantitative estimate of drug-likeness (QED) is 0.924. The van der Waals surface area contributed by atoms with Crippen molar-refractivity contribution in [2.75, 3.05) is 19.8 Å². The van der Waals surface area contributed by atoms with Crippen LogP contribution < -0.4 is 0 Å². The van der Waals surface area contributed by atoms with Crippen LogP contribution in [0.2, 0.25) is 0 Å². The van der Waals surface area contributed by atoms with E-state index in [9.17, 15) is 0 Å². The molecule has 1 N–H and O–H groups in total. The second-order valence-corrected chi connectivity index (χ2v) is 5.50. The van der Waals surface area contributed by atoms with Gasteiger partial charge in [-0.3, -0.25) is 4.90 Å². The van der Waals surface area contributed by atoms with Crippen LogP contribution in [-0.4, -0.2) is 34.6 Å². The Morgan fingerprint density at radius 1 is 1.61 bits per heavy atom. The van der Waals surface area contributed by atoms with Gasteiger partial charge in [0.1, 0.15) is 5.01 Å². The molecule has 4 nitrogen and oxygen atoms in total. The molecule has 1 aliphatic rings. The van der Waals surface area contributed by atoms with Gasteiger partial charge in [-0.25, -0.2) is 4.98 Å². The topological polar surface area (TPSA) is 41.1 Å². The minimum atomic E-state index is 0.298. The number of nitrogens with zero attached hydrogens (tertiary/aromatic N) is 2. The lowest BCUT2D eigenvalue weighted by Crippen LogP contribution is -2.38. The van der Waals surface area contributed by atoms with Crippen LogP contribution in [0.3, 0.4) is 0 Å². The van der Waals surface area contributed by atoms with Gasteiger partial charge in [0.15, 0.2) is 0 Å². The number of hydrogen-bond donors (Lipinski definition) is 1. The van der Waals surface area contributed by atoms with E-state index in [2.05, 4.69) is 32.5 Å². The molecule has 3 rings (SSSR count). The van der Waals surface area contributed by atoms with E-state index in [4.69, 9.17) is 4.74 Å². The summed E-state index contributed by atoms with van der Waals surface area (Å²) >= 11 is 1.73. The van der Waals surface area contributed by atoms with Crippen LogP contribution >= 0.6 is 11.3 Å². The zero-order valence-corrected chi connectivity index (χ0v) is 11.2. The van der Waals surface area contributed by atoms with Crippen LogP contribution in [-0.2, 0) is 11.3 Å². The summed E-state index contributed by atoms with van der Waals surface area (Å²) in [4.78, 5) is 10.2. The SMILES string of the molecule is Cc1csc(C2COCCN2Cc2cc[nH]c2)n1. The molecule has 2 aromatic rings. The number of aromatic nitrogens is 2. The van der Waals surface area contributed by atoms with Crippen molar-refractivity contribution in [3.8, 4) is 0 Å². The third-order valence-corrected chi connectivity index (χ3v) is 4.27. The van der Waals surface area contributed by atoms with E-state index in [1.165, 1.54) is 10.6 Å². The average Bonchev–Trinajstić information content (AvgIpc) is 3.02. The van der Waals surface area contributed by atoms with Crippen molar-refractivity contribution in [2.24, 2.45) is 0 Å². The largest absolute Gasteiger partial charge is 0.378 e. The van der Waals surface area contributed by atoms with Crippen LogP contribution in [0.5, 0.6) is 0 Å². The van der Waals surface area contributed by atoms with Crippen molar-refractivity contribution >= 4 is 11.3 Å². The van der Waals surface area contributed by atoms with Gasteiger partial charge in [0, 0.05) is 36.6 Å². The Morgan fingerprint density at radius 2 is 2.56 bits per heavy atom. The summed E-state index contributed by atoms with van der Waals surface area (Å²) < 4.78 is 5.61. The van der Waals surface area contributed by atoms with Crippen LogP contribution in [0.4, 0.5) is 0 Å². The molecule has 0 amide bonds. The summed E-state index contributed by atoms with van der Waals surface area (Å²) in [5.41, 5.74) is 2.41. The zero-order chi connectivity index (χ0) is 12.4. The highest BCUT2D eigenvalue weighted by atomic mass is 32.1. The summed E-state index contributed by atoms with van der Waals surface area (Å²) in [6.45, 7) is 5.52. The number of aromatic amines is 1. The van der Waals surface area contributed by atoms with E-state index in [1.54, 1.807) is 11.3 Å². The smallest absolute Gasteiger partial charge is 0.112 e. The Kier molecular flexibility index (Phi) is 3.45. The number of hydrogen-bond acceptors (Lipinski definition) is 4. The zero-order valence-electron chi connectivity index (χ0n) is 10.4. The lowest BCUT2D eigenvalue weighted by Gasteiger charge is -2.34. The number of ether oxygens (including phenoxy) is 1. The summed E-state index contributed by atoms with van der Waals surface area (Å²) in [6.07, 6.45) is 4.03. The minimum Gasteiger partial charge on any atom is -0.378 e. The summed E-state index contributed by atoms with van der Waals surface area (Å²) in [6, 6.07) is 2.42. The monoisotopic (exact) mass is 263 g/mol. The number of H-pyrrole nitrogens is 1. The second-order valence-electron chi connectivity index (χ2n) is 4.61. The first-order chi connectivity index (χ1) is 8.83. The highest BCUT2D eigenvalue weighted by molar-refractivity contribution is 7.09. The predicted octanol–water partition coefficient (Wildman–Crippen LogP) is 2.35. The first-order valence-corrected chi connectivity index (χ1v) is 7.06. The molecule has 0 radical (unpaired) electrons. The average molecular weight is 263 g/mol. The van der Waals surface area contributed by atoms with Crippen molar-refractivity contribution < 1.29 is 4.74 Å². The maximum Gasteiger partial charge on any atom is 0.112 e. The molecule has 0 aromatic carbocycles. The highest BCUT2D eigenvalue weighted by Crippen LogP contribution is 2.28. The maximum atomic E-state index is 5.61. The third-order valence-electron chi connectivity index (χ3n) is 3.21. The van der Waals surface area contributed by atoms with Gasteiger partial charge in [0.05, 0.1) is 19.3 Å². The molecule has 0 saturated carbocycles. The Morgan fingerprint density at radius 3 is 3.28 bits per heavy atom. The van der Waals surface area contributed by atoms with E-state index < -0.39 is 0 Å². The number of thiazole rings is 1. The van der Waals surface area contributed by atoms with Gasteiger partial charge >= 0.3 is 0 Å². The number of morpholine rings is 1. The van der Waals surface area contributed by atoms with Crippen LogP contribution in [0.15, 0.2) is 23.8 Å². The molecule has 1 unspecified atom stereocenters. The Balaban J connectivity index is 1.77. The molecular weight excluding hydrogens is 246 g/mol. The number of aryl methyl sites for hydroxylation is 1. The fraction of sp³-hybridized carbons (Fsp3) is 0.462. The van der Waals surface area contributed by atoms with Gasteiger partial charge in [-0.05, 0) is 18.6 Å². The van der Waals surface area contributed by atoms with E-state index in [-0.39, 0.29) is 0 Å². The lowest BCUT2D eigenvalue weighted by molar-refractivity contribution is -0.0127. The Bertz CT molecular complexity index is 494. The maximum absolute atomic E-state index is 5.61. The Labute approximate surface area is 111 Å². The van der Waals surface area contributed by atoms with Crippen molar-refractivity contribution in [2.45, 2.75) is 19.5 Å². The molecule has 0 spiro atoms. The lowest BCUT2D eigenvalue weighted by atomic mass is 10.2. The second kappa shape index (κ2) is 5.22. The highest BCUT2D eigenvalue weighted by Gasteiger charge is 2.26. The summed E-state index contributed by atoms with van der Waals surface area (Å²) in [5, 5.41) is 3.28. The van der Waals surface area contributed by atoms with Gasteiger partial charge in [-0.1, -0.05) is 0 Å². The van der Waals surface area contributed by atoms with Gasteiger partial charge < -0.3 is 9.72 Å². The number of nitrogens with one attached hydrogen (secondary N) is 1. The molecule has 1 atom stereocenters. The van der Waals surface area contributed by atoms with Crippen molar-refractivity contribution in [3.05, 3.63) is 40.1 Å². The standard InChI is InChI=1S/C13H17N3OS/c1-10-9-18-13(15-10)12-8-17-5-4-16(12)7-11-2-3-14-6-11/h2-3,6,9,12,14H,4-5,7-8H2,1H3. The molecule has 1 fully saturated rings. The summed E-state index contributed by atoms with van der Waals surface area (Å²) in [7, 11) is 0. The minimum absolute atomic E-state index is 0.298. The van der Waals surface area contributed by atoms with Gasteiger partial charge in [-0.2, -0.15) is 0 Å². The van der Waals surface area contributed by atoms with E-state index >= 15 is 0 Å². The van der Waals surface area contributed by atoms with Crippen molar-refractivity contribution in [1.82, 2.24) is 14.9 Å². The molecule has 0 aliphatic carbocycles. The van der Waals surface area contributed by atoms with Crippen molar-refractivity contribution in [1.29, 1.82) is 0 Å². The molecule has 96 valence electrons. The molecule has 0 bridgehead atoms. The third kappa shape index (κ3) is 2.48. The molecule has 3 heterocycles. The fourth-order valence-corrected chi connectivity index (χ4v) is 3.19. The molecule has 18 heavy (non-hydrogen) atoms. The number of rotatable bonds is 3. The fourth-order valence-electron chi connectivity index (χ4n) is 2.27. The molecule has 2 aromatic heterocycles. The predicted molar refractivity (Wildman–Crippen MR) is 71.6 cm³/mol. The van der Waals surface area contributed by atoms with E-state index in [1.807, 2.05) is 13.1 Å². The first-order valence-electron chi connectivity index (χ1n) is 6.18. The summed E-state index contributed by atoms with van der Waals surface area (Å²) in [5.74, 6) is 0. The molecule has 5 heteroatoms. The van der Waals surface area contributed by atoms with Crippen LogP contribution in [0.1, 0.15) is 22.3 Å². The normalized spacial score (nSPS) is 21.3. The molecular formula is C13H17N3OS.